The van der Waals surface area contributed by atoms with Crippen molar-refractivity contribution in [2.75, 3.05) is 0 Å². The van der Waals surface area contributed by atoms with Gasteiger partial charge in [0.25, 0.3) is 0 Å². The van der Waals surface area contributed by atoms with Crippen molar-refractivity contribution < 1.29 is 4.42 Å². The summed E-state index contributed by atoms with van der Waals surface area (Å²) in [4.78, 5) is 0.803. The highest BCUT2D eigenvalue weighted by atomic mass is 32.1. The topological polar surface area (TPSA) is 56.2 Å². The molecule has 0 atom stereocenters. The van der Waals surface area contributed by atoms with Crippen LogP contribution in [-0.2, 0) is 6.42 Å². The zero-order valence-corrected chi connectivity index (χ0v) is 11.9. The number of hydrogen-bond acceptors (Lipinski definition) is 5. The van der Waals surface area contributed by atoms with Crippen LogP contribution in [0.4, 0.5) is 0 Å². The van der Waals surface area contributed by atoms with Crippen LogP contribution in [0.5, 0.6) is 0 Å². The van der Waals surface area contributed by atoms with Crippen LogP contribution in [0, 0.1) is 6.92 Å². The SMILES string of the molecule is CCc1nn2c(-c3oc4ccccc4c3C)nnc2s1. The van der Waals surface area contributed by atoms with Crippen LogP contribution in [0.25, 0.3) is 27.5 Å². The van der Waals surface area contributed by atoms with Gasteiger partial charge in [0.1, 0.15) is 10.6 Å². The van der Waals surface area contributed by atoms with Crippen molar-refractivity contribution >= 4 is 27.3 Å². The van der Waals surface area contributed by atoms with Crippen molar-refractivity contribution in [3.63, 3.8) is 0 Å². The standard InChI is InChI=1S/C14H12N4OS/c1-3-11-17-18-13(15-16-14(18)20-11)12-8(2)9-6-4-5-7-10(9)19-12/h4-7H,3H2,1-2H3. The largest absolute Gasteiger partial charge is 0.452 e. The molecule has 20 heavy (non-hydrogen) atoms. The zero-order valence-electron chi connectivity index (χ0n) is 11.1. The summed E-state index contributed by atoms with van der Waals surface area (Å²) in [6.45, 7) is 4.12. The van der Waals surface area contributed by atoms with Gasteiger partial charge in [0.05, 0.1) is 0 Å². The summed E-state index contributed by atoms with van der Waals surface area (Å²) in [6.07, 6.45) is 0.895. The van der Waals surface area contributed by atoms with Gasteiger partial charge in [-0.05, 0) is 19.4 Å². The van der Waals surface area contributed by atoms with Crippen LogP contribution in [0.2, 0.25) is 0 Å². The Morgan fingerprint density at radius 1 is 1.25 bits per heavy atom. The molecule has 0 fully saturated rings. The molecule has 0 N–H and O–H groups in total. The molecule has 0 aliphatic carbocycles. The van der Waals surface area contributed by atoms with Gasteiger partial charge in [-0.1, -0.05) is 36.5 Å². The van der Waals surface area contributed by atoms with E-state index < -0.39 is 0 Å². The van der Waals surface area contributed by atoms with Crippen molar-refractivity contribution in [2.24, 2.45) is 0 Å². The first kappa shape index (κ1) is 11.6. The quantitative estimate of drug-likeness (QED) is 0.565. The Hall–Kier alpha value is -2.21. The van der Waals surface area contributed by atoms with Gasteiger partial charge in [-0.15, -0.1) is 10.2 Å². The van der Waals surface area contributed by atoms with Crippen molar-refractivity contribution in [1.82, 2.24) is 19.8 Å². The lowest BCUT2D eigenvalue weighted by Crippen LogP contribution is -1.91. The van der Waals surface area contributed by atoms with Crippen molar-refractivity contribution in [3.05, 3.63) is 34.8 Å². The number of nitrogens with zero attached hydrogens (tertiary/aromatic N) is 4. The van der Waals surface area contributed by atoms with Gasteiger partial charge in [-0.2, -0.15) is 9.61 Å². The van der Waals surface area contributed by atoms with E-state index in [1.165, 1.54) is 0 Å². The molecule has 0 unspecified atom stereocenters. The van der Waals surface area contributed by atoms with E-state index in [9.17, 15) is 0 Å². The highest BCUT2D eigenvalue weighted by Crippen LogP contribution is 2.32. The first-order chi connectivity index (χ1) is 9.78. The Bertz CT molecular complexity index is 918. The van der Waals surface area contributed by atoms with Crippen molar-refractivity contribution in [3.8, 4) is 11.6 Å². The van der Waals surface area contributed by atoms with Gasteiger partial charge < -0.3 is 4.42 Å². The second kappa shape index (κ2) is 4.14. The molecule has 4 rings (SSSR count). The predicted octanol–water partition coefficient (Wildman–Crippen LogP) is 3.47. The first-order valence-corrected chi connectivity index (χ1v) is 7.29. The van der Waals surface area contributed by atoms with E-state index in [1.807, 2.05) is 25.1 Å². The molecule has 5 nitrogen and oxygen atoms in total. The summed E-state index contributed by atoms with van der Waals surface area (Å²) in [5.74, 6) is 1.41. The molecule has 6 heteroatoms. The minimum absolute atomic E-state index is 0.671. The highest BCUT2D eigenvalue weighted by Gasteiger charge is 2.19. The lowest BCUT2D eigenvalue weighted by Gasteiger charge is -1.93. The van der Waals surface area contributed by atoms with Gasteiger partial charge in [0, 0.05) is 10.9 Å². The molecule has 3 aromatic heterocycles. The zero-order chi connectivity index (χ0) is 13.7. The molecule has 100 valence electrons. The molecule has 0 saturated heterocycles. The molecule has 0 spiro atoms. The Kier molecular flexibility index (Phi) is 2.40. The number of benzene rings is 1. The minimum atomic E-state index is 0.671. The third kappa shape index (κ3) is 1.51. The molecule has 4 aromatic rings. The number of hydrogen-bond donors (Lipinski definition) is 0. The maximum absolute atomic E-state index is 5.94. The van der Waals surface area contributed by atoms with Crippen LogP contribution >= 0.6 is 11.3 Å². The van der Waals surface area contributed by atoms with Crippen LogP contribution in [-0.4, -0.2) is 19.8 Å². The Labute approximate surface area is 118 Å². The number of fused-ring (bicyclic) bond motifs is 2. The van der Waals surface area contributed by atoms with E-state index in [4.69, 9.17) is 4.42 Å². The van der Waals surface area contributed by atoms with Gasteiger partial charge in [0.2, 0.25) is 10.8 Å². The Morgan fingerprint density at radius 3 is 2.90 bits per heavy atom. The van der Waals surface area contributed by atoms with E-state index in [-0.39, 0.29) is 0 Å². The van der Waals surface area contributed by atoms with Gasteiger partial charge in [-0.25, -0.2) is 0 Å². The molecule has 0 aliphatic rings. The highest BCUT2D eigenvalue weighted by molar-refractivity contribution is 7.16. The molecule has 3 heterocycles. The van der Waals surface area contributed by atoms with Crippen molar-refractivity contribution in [1.29, 1.82) is 0 Å². The third-order valence-corrected chi connectivity index (χ3v) is 4.43. The fourth-order valence-corrected chi connectivity index (χ4v) is 3.10. The predicted molar refractivity (Wildman–Crippen MR) is 78.0 cm³/mol. The first-order valence-electron chi connectivity index (χ1n) is 6.47. The van der Waals surface area contributed by atoms with E-state index in [0.29, 0.717) is 5.82 Å². The van der Waals surface area contributed by atoms with Crippen LogP contribution in [0.3, 0.4) is 0 Å². The third-order valence-electron chi connectivity index (χ3n) is 3.38. The monoisotopic (exact) mass is 284 g/mol. The summed E-state index contributed by atoms with van der Waals surface area (Å²) in [6, 6.07) is 7.98. The Balaban J connectivity index is 2.00. The fourth-order valence-electron chi connectivity index (χ4n) is 2.33. The molecule has 0 aliphatic heterocycles. The van der Waals surface area contributed by atoms with Gasteiger partial charge in [-0.3, -0.25) is 0 Å². The number of rotatable bonds is 2. The summed E-state index contributed by atoms with van der Waals surface area (Å²) in [5, 5.41) is 15.1. The second-order valence-corrected chi connectivity index (χ2v) is 5.66. The number of aryl methyl sites for hydroxylation is 2. The number of furan rings is 1. The van der Waals surface area contributed by atoms with Crippen LogP contribution in [0.15, 0.2) is 28.7 Å². The van der Waals surface area contributed by atoms with Crippen LogP contribution in [0.1, 0.15) is 17.5 Å². The lowest BCUT2D eigenvalue weighted by atomic mass is 10.1. The normalized spacial score (nSPS) is 11.7. The molecule has 0 saturated carbocycles. The average Bonchev–Trinajstić information content (AvgIpc) is 3.12. The molecule has 0 amide bonds. The average molecular weight is 284 g/mol. The van der Waals surface area contributed by atoms with E-state index >= 15 is 0 Å². The summed E-state index contributed by atoms with van der Waals surface area (Å²) in [5.41, 5.74) is 1.93. The van der Waals surface area contributed by atoms with Gasteiger partial charge >= 0.3 is 0 Å². The van der Waals surface area contributed by atoms with E-state index in [2.05, 4.69) is 28.3 Å². The number of aromatic nitrogens is 4. The second-order valence-electron chi connectivity index (χ2n) is 4.62. The molecular formula is C14H12N4OS. The van der Waals surface area contributed by atoms with E-state index in [0.717, 1.165) is 38.7 Å². The summed E-state index contributed by atoms with van der Waals surface area (Å²) >= 11 is 1.56. The molecule has 0 radical (unpaired) electrons. The molecule has 0 bridgehead atoms. The smallest absolute Gasteiger partial charge is 0.235 e. The number of para-hydroxylation sites is 1. The summed E-state index contributed by atoms with van der Waals surface area (Å²) < 4.78 is 7.71. The van der Waals surface area contributed by atoms with Gasteiger partial charge in [0.15, 0.2) is 5.76 Å². The van der Waals surface area contributed by atoms with E-state index in [1.54, 1.807) is 15.9 Å². The minimum Gasteiger partial charge on any atom is -0.452 e. The van der Waals surface area contributed by atoms with Crippen LogP contribution < -0.4 is 0 Å². The van der Waals surface area contributed by atoms with Crippen molar-refractivity contribution in [2.45, 2.75) is 20.3 Å². The maximum atomic E-state index is 5.94. The molecular weight excluding hydrogens is 272 g/mol. The Morgan fingerprint density at radius 2 is 2.10 bits per heavy atom. The fraction of sp³-hybridized carbons (Fsp3) is 0.214. The summed E-state index contributed by atoms with van der Waals surface area (Å²) in [7, 11) is 0. The maximum Gasteiger partial charge on any atom is 0.235 e. The molecule has 1 aromatic carbocycles. The lowest BCUT2D eigenvalue weighted by molar-refractivity contribution is 0.619.